The summed E-state index contributed by atoms with van der Waals surface area (Å²) >= 11 is 0. The van der Waals surface area contributed by atoms with Crippen LogP contribution in [0.1, 0.15) is 150 Å². The number of anilines is 3. The second-order valence-corrected chi connectivity index (χ2v) is 26.6. The summed E-state index contributed by atoms with van der Waals surface area (Å²) in [5.41, 5.74) is 25.1. The smallest absolute Gasteiger partial charge is 0.0714 e. The Labute approximate surface area is 471 Å². The maximum absolute atomic E-state index is 2.53. The van der Waals surface area contributed by atoms with Crippen LogP contribution in [0.2, 0.25) is 0 Å². The van der Waals surface area contributed by atoms with E-state index in [1.165, 1.54) is 100 Å². The van der Waals surface area contributed by atoms with E-state index in [1.54, 1.807) is 0 Å². The van der Waals surface area contributed by atoms with Crippen molar-refractivity contribution in [2.75, 3.05) is 4.90 Å². The van der Waals surface area contributed by atoms with Gasteiger partial charge in [-0.15, -0.1) is 0 Å². The molecule has 2 aliphatic rings. The van der Waals surface area contributed by atoms with Gasteiger partial charge in [0.25, 0.3) is 0 Å². The molecule has 0 amide bonds. The van der Waals surface area contributed by atoms with Gasteiger partial charge in [0, 0.05) is 17.1 Å². The molecule has 79 heavy (non-hydrogen) atoms. The summed E-state index contributed by atoms with van der Waals surface area (Å²) in [5.74, 6) is 0. The zero-order valence-electron chi connectivity index (χ0n) is 48.5. The molecule has 0 saturated heterocycles. The fourth-order valence-electron chi connectivity index (χ4n) is 13.2. The normalized spacial score (nSPS) is 14.3. The monoisotopic (exact) mass is 1030 g/mol. The second kappa shape index (κ2) is 18.8. The molecule has 10 aromatic carbocycles. The molecule has 0 aromatic heterocycles. The first-order valence-corrected chi connectivity index (χ1v) is 28.6. The van der Waals surface area contributed by atoms with Crippen molar-refractivity contribution < 1.29 is 0 Å². The van der Waals surface area contributed by atoms with Gasteiger partial charge in [0.15, 0.2) is 0 Å². The van der Waals surface area contributed by atoms with Crippen LogP contribution in [0.15, 0.2) is 237 Å². The number of hydrogen-bond donors (Lipinski definition) is 0. The third-order valence-corrected chi connectivity index (χ3v) is 17.5. The molecule has 0 bridgehead atoms. The van der Waals surface area contributed by atoms with Crippen LogP contribution in [0, 0.1) is 0 Å². The highest BCUT2D eigenvalue weighted by Crippen LogP contribution is 2.60. The molecule has 12 rings (SSSR count). The number of hydrogen-bond acceptors (Lipinski definition) is 1. The van der Waals surface area contributed by atoms with Crippen LogP contribution in [0.4, 0.5) is 17.1 Å². The van der Waals surface area contributed by atoms with Gasteiger partial charge in [-0.3, -0.25) is 0 Å². The molecule has 10 aromatic rings. The van der Waals surface area contributed by atoms with Gasteiger partial charge >= 0.3 is 0 Å². The molecule has 0 aliphatic heterocycles. The topological polar surface area (TPSA) is 3.24 Å². The maximum Gasteiger partial charge on any atom is 0.0714 e. The van der Waals surface area contributed by atoms with E-state index in [9.17, 15) is 0 Å². The van der Waals surface area contributed by atoms with E-state index >= 15 is 0 Å². The Morgan fingerprint density at radius 1 is 0.241 bits per heavy atom. The summed E-state index contributed by atoms with van der Waals surface area (Å²) < 4.78 is 0. The van der Waals surface area contributed by atoms with Gasteiger partial charge < -0.3 is 4.90 Å². The molecule has 1 nitrogen and oxygen atoms in total. The quantitative estimate of drug-likeness (QED) is 0.147. The summed E-state index contributed by atoms with van der Waals surface area (Å²) in [5, 5.41) is 0. The first-order chi connectivity index (χ1) is 37.7. The lowest BCUT2D eigenvalue weighted by Crippen LogP contribution is -2.29. The predicted octanol–water partition coefficient (Wildman–Crippen LogP) is 20.7. The lowest BCUT2D eigenvalue weighted by Gasteiger charge is -2.36. The molecule has 2 aliphatic carbocycles. The van der Waals surface area contributed by atoms with E-state index in [2.05, 4.69) is 325 Å². The zero-order chi connectivity index (χ0) is 55.3. The van der Waals surface area contributed by atoms with Crippen molar-refractivity contribution in [1.29, 1.82) is 0 Å². The van der Waals surface area contributed by atoms with Gasteiger partial charge in [-0.05, 0) is 158 Å². The average Bonchev–Trinajstić information content (AvgIpc) is 4.16. The van der Waals surface area contributed by atoms with Crippen LogP contribution in [0.3, 0.4) is 0 Å². The van der Waals surface area contributed by atoms with E-state index in [0.717, 1.165) is 17.1 Å². The van der Waals surface area contributed by atoms with Crippen LogP contribution in [0.5, 0.6) is 0 Å². The van der Waals surface area contributed by atoms with Gasteiger partial charge in [0.2, 0.25) is 0 Å². The molecule has 0 spiro atoms. The summed E-state index contributed by atoms with van der Waals surface area (Å²) in [7, 11) is 0. The summed E-state index contributed by atoms with van der Waals surface area (Å²) in [6.45, 7) is 27.7. The Hall–Kier alpha value is -8.00. The van der Waals surface area contributed by atoms with E-state index in [4.69, 9.17) is 0 Å². The average molecular weight is 1030 g/mol. The van der Waals surface area contributed by atoms with Crippen molar-refractivity contribution in [2.24, 2.45) is 0 Å². The molecule has 0 atom stereocenters. The number of benzene rings is 10. The van der Waals surface area contributed by atoms with E-state index in [1.807, 2.05) is 0 Å². The summed E-state index contributed by atoms with van der Waals surface area (Å²) in [6.07, 6.45) is 0. The minimum absolute atomic E-state index is 0.00801. The van der Waals surface area contributed by atoms with Crippen molar-refractivity contribution in [3.63, 3.8) is 0 Å². The van der Waals surface area contributed by atoms with Crippen LogP contribution in [-0.2, 0) is 32.5 Å². The minimum atomic E-state index is -0.612. The maximum atomic E-state index is 2.53. The molecule has 0 heterocycles. The Balaban J connectivity index is 1.14. The highest BCUT2D eigenvalue weighted by molar-refractivity contribution is 5.93. The van der Waals surface area contributed by atoms with Gasteiger partial charge in [-0.1, -0.05) is 283 Å². The van der Waals surface area contributed by atoms with Crippen LogP contribution in [-0.4, -0.2) is 0 Å². The van der Waals surface area contributed by atoms with Crippen molar-refractivity contribution >= 4 is 17.1 Å². The van der Waals surface area contributed by atoms with E-state index in [-0.39, 0.29) is 21.7 Å². The van der Waals surface area contributed by atoms with Gasteiger partial charge in [0.05, 0.1) is 10.8 Å². The minimum Gasteiger partial charge on any atom is -0.310 e. The number of fused-ring (bicyclic) bond motifs is 6. The fraction of sp³-hybridized carbons (Fsp3) is 0.231. The Kier molecular flexibility index (Phi) is 12.3. The Morgan fingerprint density at radius 2 is 0.544 bits per heavy atom. The van der Waals surface area contributed by atoms with Crippen LogP contribution < -0.4 is 4.90 Å². The van der Waals surface area contributed by atoms with Crippen molar-refractivity contribution in [3.8, 4) is 33.4 Å². The van der Waals surface area contributed by atoms with Crippen molar-refractivity contribution in [2.45, 2.75) is 116 Å². The zero-order valence-corrected chi connectivity index (χ0v) is 48.5. The molecule has 0 fully saturated rings. The third-order valence-electron chi connectivity index (χ3n) is 17.5. The highest BCUT2D eigenvalue weighted by Gasteiger charge is 2.49. The predicted molar refractivity (Wildman–Crippen MR) is 336 cm³/mol. The number of rotatable bonds is 8. The van der Waals surface area contributed by atoms with E-state index in [0.29, 0.717) is 0 Å². The van der Waals surface area contributed by atoms with Gasteiger partial charge in [-0.2, -0.15) is 0 Å². The molecular formula is C78H75N. The second-order valence-electron chi connectivity index (χ2n) is 26.6. The molecular weight excluding hydrogens is 951 g/mol. The van der Waals surface area contributed by atoms with Crippen LogP contribution in [0.25, 0.3) is 33.4 Å². The molecule has 0 saturated carbocycles. The lowest BCUT2D eigenvalue weighted by atomic mass is 9.66. The Bertz CT molecular complexity index is 3550. The first-order valence-electron chi connectivity index (χ1n) is 28.6. The molecule has 0 unspecified atom stereocenters. The number of nitrogens with zero attached hydrogens (tertiary/aromatic N) is 1. The summed E-state index contributed by atoms with van der Waals surface area (Å²) in [6, 6.07) is 91.2. The SMILES string of the molecule is CC(C)(C)c1ccc(C2(c3ccc(C(C)(C)C)cc3)c3ccccc3-c3ccc(N(c4cccc(-c5ccccc5)c4)c4ccc5c(c4)C(c4ccc(C(C)(C)C)cc4)(c4ccc(C(C)(C)C)cc4)c4ccccc4-5)cc32)cc1. The highest BCUT2D eigenvalue weighted by atomic mass is 15.1. The van der Waals surface area contributed by atoms with Gasteiger partial charge in [-0.25, -0.2) is 0 Å². The largest absolute Gasteiger partial charge is 0.310 e. The van der Waals surface area contributed by atoms with Crippen LogP contribution >= 0.6 is 0 Å². The first kappa shape index (κ1) is 51.7. The molecule has 1 heteroatoms. The van der Waals surface area contributed by atoms with Crippen molar-refractivity contribution in [1.82, 2.24) is 0 Å². The summed E-state index contributed by atoms with van der Waals surface area (Å²) in [4.78, 5) is 2.53. The van der Waals surface area contributed by atoms with Crippen molar-refractivity contribution in [3.05, 3.63) is 303 Å². The third kappa shape index (κ3) is 8.60. The standard InChI is InChI=1S/C78H75N/c1-73(2,3)54-29-37-58(38-30-54)77(59-39-31-55(32-40-59)74(4,5)6)69-27-18-16-25-65(69)67-47-45-63(50-71(67)77)79(62-24-20-23-53(49-62)52-21-14-13-15-22-52)64-46-48-68-66-26-17-19-28-70(66)78(72(68)51-64,60-41-33-56(34-42-60)75(7,8)9)61-43-35-57(36-44-61)76(10,11)12/h13-51H,1-12H3. The Morgan fingerprint density at radius 3 is 0.899 bits per heavy atom. The molecule has 0 N–H and O–H groups in total. The van der Waals surface area contributed by atoms with E-state index < -0.39 is 10.8 Å². The lowest BCUT2D eigenvalue weighted by molar-refractivity contribution is 0.588. The fourth-order valence-corrected chi connectivity index (χ4v) is 13.2. The molecule has 392 valence electrons. The molecule has 0 radical (unpaired) electrons. The van der Waals surface area contributed by atoms with Gasteiger partial charge in [0.1, 0.15) is 0 Å².